The van der Waals surface area contributed by atoms with Gasteiger partial charge in [0.05, 0.1) is 5.69 Å². The Kier molecular flexibility index (Phi) is 4.96. The number of likely N-dealkylation sites (N-methyl/N-ethyl adjacent to an activating group) is 1. The fourth-order valence-electron chi connectivity index (χ4n) is 3.22. The van der Waals surface area contributed by atoms with Crippen LogP contribution < -0.4 is 0 Å². The molecular weight excluding hydrogens is 320 g/mol. The molecule has 2 atom stereocenters. The van der Waals surface area contributed by atoms with Gasteiger partial charge in [0.15, 0.2) is 5.69 Å². The number of para-hydroxylation sites is 1. The lowest BCUT2D eigenvalue weighted by molar-refractivity contribution is 0.0777. The molecule has 2 heterocycles. The van der Waals surface area contributed by atoms with Crippen LogP contribution in [0.4, 0.5) is 0 Å². The zero-order chi connectivity index (χ0) is 17.3. The SMILES string of the molecule is CS[C@H]1CN(C(=O)c2cc(C)n(-c3ccccc3)n2)C[C@@H]1N(C)C. The highest BCUT2D eigenvalue weighted by Gasteiger charge is 2.37. The van der Waals surface area contributed by atoms with Gasteiger partial charge in [-0.1, -0.05) is 18.2 Å². The Labute approximate surface area is 147 Å². The van der Waals surface area contributed by atoms with E-state index in [-0.39, 0.29) is 5.91 Å². The molecule has 1 amide bonds. The Morgan fingerprint density at radius 3 is 2.54 bits per heavy atom. The first-order valence-corrected chi connectivity index (χ1v) is 9.40. The van der Waals surface area contributed by atoms with Gasteiger partial charge in [0, 0.05) is 30.1 Å². The molecule has 24 heavy (non-hydrogen) atoms. The summed E-state index contributed by atoms with van der Waals surface area (Å²) in [6.45, 7) is 3.52. The van der Waals surface area contributed by atoms with Gasteiger partial charge in [0.25, 0.3) is 5.91 Å². The topological polar surface area (TPSA) is 41.4 Å². The number of aromatic nitrogens is 2. The molecular formula is C18H24N4OS. The monoisotopic (exact) mass is 344 g/mol. The number of rotatable bonds is 4. The molecule has 2 aromatic rings. The predicted molar refractivity (Wildman–Crippen MR) is 99.0 cm³/mol. The Morgan fingerprint density at radius 2 is 1.96 bits per heavy atom. The van der Waals surface area contributed by atoms with Crippen LogP contribution in [0.5, 0.6) is 0 Å². The summed E-state index contributed by atoms with van der Waals surface area (Å²) >= 11 is 1.83. The van der Waals surface area contributed by atoms with Crippen LogP contribution in [-0.2, 0) is 0 Å². The zero-order valence-corrected chi connectivity index (χ0v) is 15.5. The fraction of sp³-hybridized carbons (Fsp3) is 0.444. The molecule has 1 aliphatic heterocycles. The summed E-state index contributed by atoms with van der Waals surface area (Å²) in [7, 11) is 4.16. The van der Waals surface area contributed by atoms with E-state index in [0.717, 1.165) is 24.5 Å². The number of benzene rings is 1. The van der Waals surface area contributed by atoms with Crippen molar-refractivity contribution >= 4 is 17.7 Å². The number of carbonyl (C=O) groups is 1. The maximum absolute atomic E-state index is 12.9. The summed E-state index contributed by atoms with van der Waals surface area (Å²) in [5, 5.41) is 5.00. The number of hydrogen-bond donors (Lipinski definition) is 0. The van der Waals surface area contributed by atoms with Crippen molar-refractivity contribution in [1.82, 2.24) is 19.6 Å². The van der Waals surface area contributed by atoms with Crippen LogP contribution in [0.1, 0.15) is 16.2 Å². The number of aryl methyl sites for hydroxylation is 1. The molecule has 0 unspecified atom stereocenters. The lowest BCUT2D eigenvalue weighted by Crippen LogP contribution is -2.37. The highest BCUT2D eigenvalue weighted by Crippen LogP contribution is 2.25. The second-order valence-electron chi connectivity index (χ2n) is 6.43. The first-order valence-electron chi connectivity index (χ1n) is 8.12. The second-order valence-corrected chi connectivity index (χ2v) is 7.51. The van der Waals surface area contributed by atoms with Gasteiger partial charge in [0.1, 0.15) is 0 Å². The Hall–Kier alpha value is -1.79. The minimum atomic E-state index is 0.0242. The normalized spacial score (nSPS) is 20.8. The van der Waals surface area contributed by atoms with E-state index in [1.807, 2.05) is 64.7 Å². The van der Waals surface area contributed by atoms with Gasteiger partial charge in [-0.2, -0.15) is 16.9 Å². The Bertz CT molecular complexity index is 713. The van der Waals surface area contributed by atoms with E-state index >= 15 is 0 Å². The fourth-order valence-corrected chi connectivity index (χ4v) is 4.19. The average Bonchev–Trinajstić information content (AvgIpc) is 3.18. The van der Waals surface area contributed by atoms with Crippen LogP contribution in [0.15, 0.2) is 36.4 Å². The Balaban J connectivity index is 1.82. The van der Waals surface area contributed by atoms with E-state index in [4.69, 9.17) is 0 Å². The summed E-state index contributed by atoms with van der Waals surface area (Å²) in [5.74, 6) is 0.0242. The summed E-state index contributed by atoms with van der Waals surface area (Å²) < 4.78 is 1.83. The first kappa shape index (κ1) is 17.0. The van der Waals surface area contributed by atoms with E-state index in [0.29, 0.717) is 17.0 Å². The van der Waals surface area contributed by atoms with Crippen LogP contribution in [0.2, 0.25) is 0 Å². The summed E-state index contributed by atoms with van der Waals surface area (Å²) in [4.78, 5) is 17.0. The van der Waals surface area contributed by atoms with Crippen molar-refractivity contribution in [1.29, 1.82) is 0 Å². The number of likely N-dealkylation sites (tertiary alicyclic amines) is 1. The number of carbonyl (C=O) groups excluding carboxylic acids is 1. The zero-order valence-electron chi connectivity index (χ0n) is 14.6. The third kappa shape index (κ3) is 3.21. The summed E-state index contributed by atoms with van der Waals surface area (Å²) in [5.41, 5.74) is 2.47. The van der Waals surface area contributed by atoms with E-state index in [2.05, 4.69) is 30.3 Å². The van der Waals surface area contributed by atoms with Crippen LogP contribution in [-0.4, -0.2) is 70.2 Å². The molecule has 1 aliphatic rings. The molecule has 0 aliphatic carbocycles. The van der Waals surface area contributed by atoms with E-state index in [1.165, 1.54) is 0 Å². The number of thioether (sulfide) groups is 1. The highest BCUT2D eigenvalue weighted by atomic mass is 32.2. The molecule has 0 saturated carbocycles. The predicted octanol–water partition coefficient (Wildman–Crippen LogP) is 2.30. The number of amides is 1. The number of hydrogen-bond acceptors (Lipinski definition) is 4. The maximum atomic E-state index is 12.9. The molecule has 1 fully saturated rings. The molecule has 0 radical (unpaired) electrons. The van der Waals surface area contributed by atoms with Crippen molar-refractivity contribution < 1.29 is 4.79 Å². The van der Waals surface area contributed by atoms with Gasteiger partial charge in [0.2, 0.25) is 0 Å². The largest absolute Gasteiger partial charge is 0.334 e. The van der Waals surface area contributed by atoms with E-state index < -0.39 is 0 Å². The molecule has 0 N–H and O–H groups in total. The maximum Gasteiger partial charge on any atom is 0.274 e. The number of nitrogens with zero attached hydrogens (tertiary/aromatic N) is 4. The van der Waals surface area contributed by atoms with Crippen molar-refractivity contribution in [2.24, 2.45) is 0 Å². The third-order valence-electron chi connectivity index (χ3n) is 4.60. The molecule has 1 aromatic carbocycles. The quantitative estimate of drug-likeness (QED) is 0.853. The molecule has 128 valence electrons. The van der Waals surface area contributed by atoms with Crippen molar-refractivity contribution in [2.75, 3.05) is 33.4 Å². The molecule has 0 spiro atoms. The summed E-state index contributed by atoms with van der Waals surface area (Å²) in [6.07, 6.45) is 2.11. The van der Waals surface area contributed by atoms with Crippen LogP contribution in [0.25, 0.3) is 5.69 Å². The lowest BCUT2D eigenvalue weighted by atomic mass is 10.2. The van der Waals surface area contributed by atoms with E-state index in [1.54, 1.807) is 0 Å². The van der Waals surface area contributed by atoms with Gasteiger partial charge in [-0.25, -0.2) is 4.68 Å². The third-order valence-corrected chi connectivity index (χ3v) is 5.67. The first-order chi connectivity index (χ1) is 11.5. The van der Waals surface area contributed by atoms with Crippen LogP contribution in [0, 0.1) is 6.92 Å². The summed E-state index contributed by atoms with van der Waals surface area (Å²) in [6, 6.07) is 12.2. The van der Waals surface area contributed by atoms with Crippen molar-refractivity contribution in [2.45, 2.75) is 18.2 Å². The van der Waals surface area contributed by atoms with Gasteiger partial charge < -0.3 is 9.80 Å². The average molecular weight is 344 g/mol. The molecule has 6 heteroatoms. The van der Waals surface area contributed by atoms with Gasteiger partial charge in [-0.3, -0.25) is 4.79 Å². The minimum absolute atomic E-state index is 0.0242. The van der Waals surface area contributed by atoms with Crippen molar-refractivity contribution in [3.63, 3.8) is 0 Å². The molecule has 1 saturated heterocycles. The van der Waals surface area contributed by atoms with Crippen LogP contribution >= 0.6 is 11.8 Å². The highest BCUT2D eigenvalue weighted by molar-refractivity contribution is 7.99. The smallest absolute Gasteiger partial charge is 0.274 e. The van der Waals surface area contributed by atoms with E-state index in [9.17, 15) is 4.79 Å². The molecule has 1 aromatic heterocycles. The van der Waals surface area contributed by atoms with Crippen molar-refractivity contribution in [3.8, 4) is 5.69 Å². The Morgan fingerprint density at radius 1 is 1.25 bits per heavy atom. The van der Waals surface area contributed by atoms with Gasteiger partial charge >= 0.3 is 0 Å². The molecule has 3 rings (SSSR count). The second kappa shape index (κ2) is 6.99. The molecule has 0 bridgehead atoms. The van der Waals surface area contributed by atoms with Gasteiger partial charge in [-0.05, 0) is 45.5 Å². The minimum Gasteiger partial charge on any atom is -0.334 e. The van der Waals surface area contributed by atoms with Crippen LogP contribution in [0.3, 0.4) is 0 Å². The lowest BCUT2D eigenvalue weighted by Gasteiger charge is -2.23. The van der Waals surface area contributed by atoms with Crippen molar-refractivity contribution in [3.05, 3.63) is 47.8 Å². The van der Waals surface area contributed by atoms with Gasteiger partial charge in [-0.15, -0.1) is 0 Å². The standard InChI is InChI=1S/C18H24N4OS/c1-13-10-15(19-22(13)14-8-6-5-7-9-14)18(23)21-11-16(20(2)3)17(12-21)24-4/h5-10,16-17H,11-12H2,1-4H3/t16-,17-/m0/s1. The molecule has 5 nitrogen and oxygen atoms in total.